The lowest BCUT2D eigenvalue weighted by Crippen LogP contribution is -2.44. The zero-order valence-corrected chi connectivity index (χ0v) is 15.1. The van der Waals surface area contributed by atoms with Crippen LogP contribution in [0.5, 0.6) is 0 Å². The molecule has 1 aromatic carbocycles. The van der Waals surface area contributed by atoms with Crippen molar-refractivity contribution in [2.24, 2.45) is 11.3 Å². The van der Waals surface area contributed by atoms with E-state index < -0.39 is 0 Å². The Bertz CT molecular complexity index is 620. The standard InChI is InChI=1S/C18H25N3O2.ClH/c1-21(2)16(22)13-6-5-8-15(10-13)20-17(23)18-9-4-3-7-14(18)11-19-12-18;/h5-6,8,10,14,19H,3-4,7,9,11-12H2,1-2H3,(H,20,23);1H/t14-,18+;/m0./s1. The molecule has 3 rings (SSSR count). The first-order valence-electron chi connectivity index (χ1n) is 8.37. The summed E-state index contributed by atoms with van der Waals surface area (Å²) in [6.45, 7) is 1.70. The third kappa shape index (κ3) is 3.42. The number of fused-ring (bicyclic) bond motifs is 1. The van der Waals surface area contributed by atoms with E-state index in [-0.39, 0.29) is 29.6 Å². The number of carbonyl (C=O) groups excluding carboxylic acids is 2. The molecule has 2 atom stereocenters. The van der Waals surface area contributed by atoms with Crippen molar-refractivity contribution in [1.29, 1.82) is 0 Å². The van der Waals surface area contributed by atoms with Crippen molar-refractivity contribution in [3.05, 3.63) is 29.8 Å². The molecule has 1 aliphatic heterocycles. The van der Waals surface area contributed by atoms with Crippen molar-refractivity contribution in [3.8, 4) is 0 Å². The van der Waals surface area contributed by atoms with E-state index in [2.05, 4.69) is 10.6 Å². The molecule has 0 radical (unpaired) electrons. The van der Waals surface area contributed by atoms with Gasteiger partial charge in [0.05, 0.1) is 5.41 Å². The maximum Gasteiger partial charge on any atom is 0.253 e. The molecule has 1 aliphatic carbocycles. The van der Waals surface area contributed by atoms with E-state index in [1.54, 1.807) is 26.2 Å². The molecule has 2 aliphatic rings. The van der Waals surface area contributed by atoms with Gasteiger partial charge in [-0.3, -0.25) is 9.59 Å². The van der Waals surface area contributed by atoms with Crippen LogP contribution in [0.4, 0.5) is 5.69 Å². The van der Waals surface area contributed by atoms with Crippen LogP contribution in [0.3, 0.4) is 0 Å². The molecule has 0 aromatic heterocycles. The number of hydrogen-bond acceptors (Lipinski definition) is 3. The Morgan fingerprint density at radius 3 is 2.83 bits per heavy atom. The van der Waals surface area contributed by atoms with Crippen molar-refractivity contribution >= 4 is 29.9 Å². The highest BCUT2D eigenvalue weighted by molar-refractivity contribution is 5.99. The lowest BCUT2D eigenvalue weighted by molar-refractivity contribution is -0.128. The number of amides is 2. The molecule has 5 nitrogen and oxygen atoms in total. The first-order valence-corrected chi connectivity index (χ1v) is 8.37. The first kappa shape index (κ1) is 18.7. The molecule has 1 heterocycles. The number of anilines is 1. The molecule has 1 saturated carbocycles. The van der Waals surface area contributed by atoms with Crippen LogP contribution in [0.2, 0.25) is 0 Å². The van der Waals surface area contributed by atoms with E-state index in [1.165, 1.54) is 11.3 Å². The molecule has 132 valence electrons. The van der Waals surface area contributed by atoms with Crippen LogP contribution in [-0.4, -0.2) is 43.9 Å². The number of rotatable bonds is 3. The van der Waals surface area contributed by atoms with Gasteiger partial charge < -0.3 is 15.5 Å². The number of nitrogens with zero attached hydrogens (tertiary/aromatic N) is 1. The van der Waals surface area contributed by atoms with Crippen molar-refractivity contribution < 1.29 is 9.59 Å². The fourth-order valence-corrected chi connectivity index (χ4v) is 3.93. The predicted molar refractivity (Wildman–Crippen MR) is 97.6 cm³/mol. The summed E-state index contributed by atoms with van der Waals surface area (Å²) in [4.78, 5) is 26.5. The van der Waals surface area contributed by atoms with Crippen molar-refractivity contribution in [2.45, 2.75) is 25.7 Å². The van der Waals surface area contributed by atoms with Gasteiger partial charge in [-0.2, -0.15) is 0 Å². The van der Waals surface area contributed by atoms with Crippen LogP contribution >= 0.6 is 12.4 Å². The van der Waals surface area contributed by atoms with Crippen molar-refractivity contribution in [2.75, 3.05) is 32.5 Å². The van der Waals surface area contributed by atoms with E-state index in [4.69, 9.17) is 0 Å². The summed E-state index contributed by atoms with van der Waals surface area (Å²) in [5, 5.41) is 6.45. The minimum absolute atomic E-state index is 0. The Balaban J connectivity index is 0.00000208. The first-order chi connectivity index (χ1) is 11.0. The second kappa shape index (κ2) is 7.53. The van der Waals surface area contributed by atoms with Crippen LogP contribution in [-0.2, 0) is 4.79 Å². The largest absolute Gasteiger partial charge is 0.345 e. The summed E-state index contributed by atoms with van der Waals surface area (Å²) in [5.41, 5.74) is 1.02. The van der Waals surface area contributed by atoms with Gasteiger partial charge >= 0.3 is 0 Å². The zero-order valence-electron chi connectivity index (χ0n) is 14.3. The van der Waals surface area contributed by atoms with Gasteiger partial charge in [0.1, 0.15) is 0 Å². The van der Waals surface area contributed by atoms with Crippen LogP contribution in [0.1, 0.15) is 36.0 Å². The summed E-state index contributed by atoms with van der Waals surface area (Å²) in [5.74, 6) is 0.474. The number of hydrogen-bond donors (Lipinski definition) is 2. The summed E-state index contributed by atoms with van der Waals surface area (Å²) < 4.78 is 0. The van der Waals surface area contributed by atoms with E-state index in [0.717, 1.165) is 32.4 Å². The molecular formula is C18H26ClN3O2. The fourth-order valence-electron chi connectivity index (χ4n) is 3.93. The van der Waals surface area contributed by atoms with Gasteiger partial charge in [-0.25, -0.2) is 0 Å². The number of nitrogens with one attached hydrogen (secondary N) is 2. The Morgan fingerprint density at radius 1 is 1.29 bits per heavy atom. The maximum atomic E-state index is 12.9. The molecule has 2 fully saturated rings. The fraction of sp³-hybridized carbons (Fsp3) is 0.556. The summed E-state index contributed by atoms with van der Waals surface area (Å²) in [6, 6.07) is 7.20. The second-order valence-electron chi connectivity index (χ2n) is 6.96. The Hall–Kier alpha value is -1.59. The predicted octanol–water partition coefficient (Wildman–Crippen LogP) is 2.53. The number of benzene rings is 1. The highest BCUT2D eigenvalue weighted by Gasteiger charge is 2.49. The quantitative estimate of drug-likeness (QED) is 0.879. The normalized spacial score (nSPS) is 25.3. The Kier molecular flexibility index (Phi) is 5.88. The molecule has 2 N–H and O–H groups in total. The highest BCUT2D eigenvalue weighted by atomic mass is 35.5. The monoisotopic (exact) mass is 351 g/mol. The number of halogens is 1. The van der Waals surface area contributed by atoms with Crippen molar-refractivity contribution in [3.63, 3.8) is 0 Å². The Morgan fingerprint density at radius 2 is 2.08 bits per heavy atom. The molecule has 2 amide bonds. The van der Waals surface area contributed by atoms with Gasteiger partial charge in [-0.15, -0.1) is 12.4 Å². The average molecular weight is 352 g/mol. The molecule has 1 aromatic rings. The summed E-state index contributed by atoms with van der Waals surface area (Å²) >= 11 is 0. The second-order valence-corrected chi connectivity index (χ2v) is 6.96. The van der Waals surface area contributed by atoms with E-state index >= 15 is 0 Å². The van der Waals surface area contributed by atoms with Crippen LogP contribution in [0.25, 0.3) is 0 Å². The van der Waals surface area contributed by atoms with Gasteiger partial charge in [0.25, 0.3) is 5.91 Å². The van der Waals surface area contributed by atoms with Gasteiger partial charge in [-0.1, -0.05) is 18.9 Å². The topological polar surface area (TPSA) is 61.4 Å². The Labute approximate surface area is 149 Å². The maximum absolute atomic E-state index is 12.9. The lowest BCUT2D eigenvalue weighted by atomic mass is 9.67. The van der Waals surface area contributed by atoms with Crippen LogP contribution in [0, 0.1) is 11.3 Å². The number of carbonyl (C=O) groups is 2. The van der Waals surface area contributed by atoms with Gasteiger partial charge in [0.15, 0.2) is 0 Å². The average Bonchev–Trinajstić information content (AvgIpc) is 2.99. The lowest BCUT2D eigenvalue weighted by Gasteiger charge is -2.37. The zero-order chi connectivity index (χ0) is 16.4. The third-order valence-electron chi connectivity index (χ3n) is 5.26. The molecule has 1 saturated heterocycles. The smallest absolute Gasteiger partial charge is 0.253 e. The van der Waals surface area contributed by atoms with Crippen LogP contribution in [0.15, 0.2) is 24.3 Å². The van der Waals surface area contributed by atoms with Crippen LogP contribution < -0.4 is 10.6 Å². The van der Waals surface area contributed by atoms with E-state index in [0.29, 0.717) is 17.2 Å². The van der Waals surface area contributed by atoms with Gasteiger partial charge in [-0.05, 0) is 43.5 Å². The molecular weight excluding hydrogens is 326 g/mol. The molecule has 6 heteroatoms. The van der Waals surface area contributed by atoms with Gasteiger partial charge in [0.2, 0.25) is 5.91 Å². The molecule has 24 heavy (non-hydrogen) atoms. The molecule has 0 spiro atoms. The molecule has 0 unspecified atom stereocenters. The SMILES string of the molecule is CN(C)C(=O)c1cccc(NC(=O)[C@@]23CCCC[C@H]2CNC3)c1.Cl. The minimum atomic E-state index is -0.278. The summed E-state index contributed by atoms with van der Waals surface area (Å²) in [6.07, 6.45) is 4.41. The third-order valence-corrected chi connectivity index (χ3v) is 5.26. The van der Waals surface area contributed by atoms with Crippen molar-refractivity contribution in [1.82, 2.24) is 10.2 Å². The molecule has 0 bridgehead atoms. The van der Waals surface area contributed by atoms with E-state index in [9.17, 15) is 9.59 Å². The minimum Gasteiger partial charge on any atom is -0.345 e. The highest BCUT2D eigenvalue weighted by Crippen LogP contribution is 2.44. The van der Waals surface area contributed by atoms with Gasteiger partial charge in [0, 0.05) is 31.9 Å². The summed E-state index contributed by atoms with van der Waals surface area (Å²) in [7, 11) is 3.45. The van der Waals surface area contributed by atoms with E-state index in [1.807, 2.05) is 12.1 Å².